The van der Waals surface area contributed by atoms with E-state index in [1.807, 2.05) is 32.9 Å². The van der Waals surface area contributed by atoms with Crippen LogP contribution in [0.25, 0.3) is 0 Å². The van der Waals surface area contributed by atoms with Crippen molar-refractivity contribution in [3.63, 3.8) is 0 Å². The van der Waals surface area contributed by atoms with Gasteiger partial charge in [-0.05, 0) is 54.9 Å². The molecule has 0 fully saturated rings. The van der Waals surface area contributed by atoms with E-state index in [9.17, 15) is 0 Å². The van der Waals surface area contributed by atoms with Gasteiger partial charge in [-0.2, -0.15) is 0 Å². The van der Waals surface area contributed by atoms with Crippen molar-refractivity contribution in [2.45, 2.75) is 26.3 Å². The van der Waals surface area contributed by atoms with Gasteiger partial charge in [0.05, 0.1) is 10.6 Å². The Kier molecular flexibility index (Phi) is 4.21. The zero-order valence-electron chi connectivity index (χ0n) is 9.51. The van der Waals surface area contributed by atoms with Crippen LogP contribution in [0.1, 0.15) is 20.8 Å². The van der Waals surface area contributed by atoms with Crippen molar-refractivity contribution in [3.8, 4) is 0 Å². The first-order valence-electron chi connectivity index (χ1n) is 4.85. The molecule has 0 atom stereocenters. The van der Waals surface area contributed by atoms with Gasteiger partial charge < -0.3 is 11.1 Å². The summed E-state index contributed by atoms with van der Waals surface area (Å²) in [7, 11) is 0. The Morgan fingerprint density at radius 2 is 2.06 bits per heavy atom. The van der Waals surface area contributed by atoms with Crippen molar-refractivity contribution in [1.82, 2.24) is 0 Å². The summed E-state index contributed by atoms with van der Waals surface area (Å²) in [6.07, 6.45) is 0. The van der Waals surface area contributed by atoms with Gasteiger partial charge in [-0.15, -0.1) is 0 Å². The highest BCUT2D eigenvalue weighted by Gasteiger charge is 2.08. The molecule has 0 aliphatic heterocycles. The van der Waals surface area contributed by atoms with Crippen molar-refractivity contribution >= 4 is 39.2 Å². The van der Waals surface area contributed by atoms with Gasteiger partial charge in [0.1, 0.15) is 0 Å². The summed E-state index contributed by atoms with van der Waals surface area (Å²) in [5.41, 5.74) is 6.38. The van der Waals surface area contributed by atoms with Crippen LogP contribution >= 0.6 is 27.5 Å². The van der Waals surface area contributed by atoms with Crippen LogP contribution in [-0.2, 0) is 0 Å². The van der Waals surface area contributed by atoms with E-state index in [2.05, 4.69) is 26.2 Å². The first-order chi connectivity index (χ1) is 7.28. The molecule has 0 radical (unpaired) electrons. The number of guanidine groups is 1. The molecule has 3 N–H and O–H groups in total. The Bertz CT molecular complexity index is 410. The van der Waals surface area contributed by atoms with Gasteiger partial charge in [0.2, 0.25) is 0 Å². The summed E-state index contributed by atoms with van der Waals surface area (Å²) in [5.74, 6) is 0.380. The number of hydrogen-bond donors (Lipinski definition) is 2. The highest BCUT2D eigenvalue weighted by atomic mass is 79.9. The normalized spacial score (nSPS) is 12.7. The van der Waals surface area contributed by atoms with Crippen LogP contribution in [0.2, 0.25) is 5.02 Å². The van der Waals surface area contributed by atoms with E-state index < -0.39 is 0 Å². The van der Waals surface area contributed by atoms with E-state index >= 15 is 0 Å². The lowest BCUT2D eigenvalue weighted by Gasteiger charge is -2.14. The van der Waals surface area contributed by atoms with Crippen LogP contribution in [0.3, 0.4) is 0 Å². The third-order valence-electron chi connectivity index (χ3n) is 1.65. The second-order valence-electron chi connectivity index (χ2n) is 4.42. The number of hydrogen-bond acceptors (Lipinski definition) is 1. The summed E-state index contributed by atoms with van der Waals surface area (Å²) in [6, 6.07) is 5.52. The number of nitrogens with one attached hydrogen (secondary N) is 1. The minimum absolute atomic E-state index is 0.198. The van der Waals surface area contributed by atoms with Crippen molar-refractivity contribution in [2.75, 3.05) is 5.32 Å². The molecule has 0 saturated heterocycles. The van der Waals surface area contributed by atoms with Crippen LogP contribution in [0.15, 0.2) is 27.7 Å². The Labute approximate surface area is 109 Å². The molecule has 1 rings (SSSR count). The minimum Gasteiger partial charge on any atom is -0.370 e. The summed E-state index contributed by atoms with van der Waals surface area (Å²) in [6.45, 7) is 5.95. The Morgan fingerprint density at radius 1 is 1.44 bits per heavy atom. The highest BCUT2D eigenvalue weighted by molar-refractivity contribution is 9.10. The number of nitrogens with zero attached hydrogens (tertiary/aromatic N) is 1. The van der Waals surface area contributed by atoms with Gasteiger partial charge in [-0.3, -0.25) is 0 Å². The van der Waals surface area contributed by atoms with Crippen LogP contribution in [-0.4, -0.2) is 11.5 Å². The van der Waals surface area contributed by atoms with Gasteiger partial charge in [-0.25, -0.2) is 4.99 Å². The Hall–Kier alpha value is -0.740. The van der Waals surface area contributed by atoms with Gasteiger partial charge in [-0.1, -0.05) is 11.6 Å². The van der Waals surface area contributed by atoms with E-state index in [0.717, 1.165) is 10.2 Å². The molecule has 0 aromatic heterocycles. The molecule has 1 aromatic rings. The number of halogens is 2. The fourth-order valence-corrected chi connectivity index (χ4v) is 1.54. The van der Waals surface area contributed by atoms with Crippen LogP contribution < -0.4 is 11.1 Å². The number of anilines is 1. The summed E-state index contributed by atoms with van der Waals surface area (Å²) in [4.78, 5) is 4.29. The van der Waals surface area contributed by atoms with Crippen LogP contribution in [0.5, 0.6) is 0 Å². The van der Waals surface area contributed by atoms with Gasteiger partial charge in [0.25, 0.3) is 0 Å². The van der Waals surface area contributed by atoms with Crippen LogP contribution in [0, 0.1) is 0 Å². The maximum atomic E-state index is 5.96. The standard InChI is InChI=1S/C11H15BrClN3/c1-11(2,3)16-10(14)15-7-4-5-8(12)9(13)6-7/h4-6H,1-3H3,(H3,14,15,16). The third-order valence-corrected chi connectivity index (χ3v) is 2.88. The van der Waals surface area contributed by atoms with E-state index in [1.54, 1.807) is 6.07 Å². The number of aliphatic imine (C=N–C) groups is 1. The van der Waals surface area contributed by atoms with E-state index in [1.165, 1.54) is 0 Å². The lowest BCUT2D eigenvalue weighted by molar-refractivity contribution is 0.583. The predicted octanol–water partition coefficient (Wildman–Crippen LogP) is 3.63. The van der Waals surface area contributed by atoms with Crippen molar-refractivity contribution < 1.29 is 0 Å². The molecule has 0 bridgehead atoms. The lowest BCUT2D eigenvalue weighted by Crippen LogP contribution is -2.27. The molecule has 0 unspecified atom stereocenters. The topological polar surface area (TPSA) is 50.4 Å². The van der Waals surface area contributed by atoms with E-state index in [0.29, 0.717) is 11.0 Å². The number of rotatable bonds is 1. The molecule has 16 heavy (non-hydrogen) atoms. The monoisotopic (exact) mass is 303 g/mol. The molecule has 0 heterocycles. The summed E-state index contributed by atoms with van der Waals surface area (Å²) in [5, 5.41) is 3.62. The average Bonchev–Trinajstić information content (AvgIpc) is 2.08. The lowest BCUT2D eigenvalue weighted by atomic mass is 10.1. The zero-order chi connectivity index (χ0) is 12.3. The molecule has 0 amide bonds. The molecule has 5 heteroatoms. The molecule has 0 spiro atoms. The van der Waals surface area contributed by atoms with Crippen LogP contribution in [0.4, 0.5) is 5.69 Å². The van der Waals surface area contributed by atoms with E-state index in [-0.39, 0.29) is 5.54 Å². The summed E-state index contributed by atoms with van der Waals surface area (Å²) >= 11 is 9.29. The van der Waals surface area contributed by atoms with Crippen molar-refractivity contribution in [1.29, 1.82) is 0 Å². The summed E-state index contributed by atoms with van der Waals surface area (Å²) < 4.78 is 0.853. The molecule has 0 aliphatic carbocycles. The van der Waals surface area contributed by atoms with Crippen molar-refractivity contribution in [2.24, 2.45) is 10.7 Å². The van der Waals surface area contributed by atoms with Gasteiger partial charge in [0, 0.05) is 10.2 Å². The van der Waals surface area contributed by atoms with Gasteiger partial charge in [0.15, 0.2) is 5.96 Å². The highest BCUT2D eigenvalue weighted by Crippen LogP contribution is 2.25. The molecule has 0 aliphatic rings. The molecule has 88 valence electrons. The molecule has 1 aromatic carbocycles. The smallest absolute Gasteiger partial charge is 0.193 e. The second-order valence-corrected chi connectivity index (χ2v) is 5.68. The first-order valence-corrected chi connectivity index (χ1v) is 6.02. The maximum absolute atomic E-state index is 5.96. The molecule has 0 saturated carbocycles. The second kappa shape index (κ2) is 5.06. The molecule has 3 nitrogen and oxygen atoms in total. The quantitative estimate of drug-likeness (QED) is 0.615. The number of nitrogens with two attached hydrogens (primary N) is 1. The fraction of sp³-hybridized carbons (Fsp3) is 0.364. The largest absolute Gasteiger partial charge is 0.370 e. The maximum Gasteiger partial charge on any atom is 0.193 e. The molecular formula is C11H15BrClN3. The average molecular weight is 305 g/mol. The Balaban J connectivity index is 2.81. The minimum atomic E-state index is -0.198. The third kappa shape index (κ3) is 4.41. The van der Waals surface area contributed by atoms with Crippen molar-refractivity contribution in [3.05, 3.63) is 27.7 Å². The zero-order valence-corrected chi connectivity index (χ0v) is 11.9. The fourth-order valence-electron chi connectivity index (χ4n) is 1.11. The van der Waals surface area contributed by atoms with E-state index in [4.69, 9.17) is 17.3 Å². The Morgan fingerprint density at radius 3 is 2.56 bits per heavy atom. The SMILES string of the molecule is CC(C)(C)N=C(N)Nc1ccc(Br)c(Cl)c1. The van der Waals surface area contributed by atoms with Gasteiger partial charge >= 0.3 is 0 Å². The molecular weight excluding hydrogens is 289 g/mol. The first kappa shape index (κ1) is 13.3. The number of benzene rings is 1. The predicted molar refractivity (Wildman–Crippen MR) is 74.2 cm³/mol.